The molecule has 0 aliphatic rings. The predicted molar refractivity (Wildman–Crippen MR) is 88.0 cm³/mol. The Balaban J connectivity index is 2.30. The molecule has 1 amide bonds. The maximum absolute atomic E-state index is 12.5. The summed E-state index contributed by atoms with van der Waals surface area (Å²) < 4.78 is 0. The third-order valence-corrected chi connectivity index (χ3v) is 4.07. The van der Waals surface area contributed by atoms with Crippen LogP contribution in [0.1, 0.15) is 34.5 Å². The Morgan fingerprint density at radius 1 is 1.24 bits per heavy atom. The van der Waals surface area contributed by atoms with Crippen molar-refractivity contribution in [3.8, 4) is 0 Å². The van der Waals surface area contributed by atoms with Crippen molar-refractivity contribution in [3.05, 3.63) is 59.2 Å². The molecule has 0 saturated carbocycles. The first-order chi connectivity index (χ1) is 10.0. The first kappa shape index (κ1) is 15.6. The van der Waals surface area contributed by atoms with Gasteiger partial charge in [0.15, 0.2) is 0 Å². The second kappa shape index (κ2) is 6.78. The number of benzene rings is 2. The Morgan fingerprint density at radius 3 is 2.62 bits per heavy atom. The topological polar surface area (TPSA) is 49.3 Å². The summed E-state index contributed by atoms with van der Waals surface area (Å²) in [6.07, 6.45) is 1.36. The van der Waals surface area contributed by atoms with E-state index in [4.69, 9.17) is 0 Å². The minimum absolute atomic E-state index is 0.156. The van der Waals surface area contributed by atoms with Gasteiger partial charge in [-0.1, -0.05) is 24.3 Å². The first-order valence-corrected chi connectivity index (χ1v) is 7.98. The molecule has 0 aliphatic carbocycles. The Bertz CT molecular complexity index is 653. The molecule has 3 nitrogen and oxygen atoms in total. The predicted octanol–water partition coefficient (Wildman–Crippen LogP) is 4.02. The van der Waals surface area contributed by atoms with E-state index < -0.39 is 6.10 Å². The second-order valence-electron chi connectivity index (χ2n) is 4.90. The van der Waals surface area contributed by atoms with Crippen molar-refractivity contribution in [2.75, 3.05) is 11.6 Å². The third kappa shape index (κ3) is 3.65. The van der Waals surface area contributed by atoms with Crippen LogP contribution in [0.15, 0.2) is 47.4 Å². The van der Waals surface area contributed by atoms with Crippen LogP contribution < -0.4 is 5.32 Å². The summed E-state index contributed by atoms with van der Waals surface area (Å²) in [4.78, 5) is 13.5. The standard InChI is InChI=1S/C17H19NO2S/c1-11-8-9-13(21-3)10-15(11)17(20)18-16-7-5-4-6-14(16)12(2)19/h4-10,12,19H,1-3H3,(H,18,20). The number of carbonyl (C=O) groups excluding carboxylic acids is 1. The van der Waals surface area contributed by atoms with Gasteiger partial charge in [-0.05, 0) is 43.9 Å². The van der Waals surface area contributed by atoms with Crippen LogP contribution in [0.2, 0.25) is 0 Å². The van der Waals surface area contributed by atoms with Crippen LogP contribution in [-0.4, -0.2) is 17.3 Å². The molecule has 2 aromatic carbocycles. The number of carbonyl (C=O) groups is 1. The van der Waals surface area contributed by atoms with E-state index in [1.807, 2.05) is 49.6 Å². The van der Waals surface area contributed by atoms with Crippen LogP contribution in [0.4, 0.5) is 5.69 Å². The van der Waals surface area contributed by atoms with Gasteiger partial charge in [0.25, 0.3) is 5.91 Å². The molecule has 110 valence electrons. The van der Waals surface area contributed by atoms with Crippen molar-refractivity contribution in [3.63, 3.8) is 0 Å². The van der Waals surface area contributed by atoms with Crippen LogP contribution in [0.3, 0.4) is 0 Å². The van der Waals surface area contributed by atoms with Crippen molar-refractivity contribution in [1.82, 2.24) is 0 Å². The Labute approximate surface area is 129 Å². The number of aliphatic hydroxyl groups excluding tert-OH is 1. The van der Waals surface area contributed by atoms with Crippen LogP contribution in [-0.2, 0) is 0 Å². The number of aliphatic hydroxyl groups is 1. The van der Waals surface area contributed by atoms with Gasteiger partial charge in [0, 0.05) is 21.7 Å². The van der Waals surface area contributed by atoms with E-state index in [-0.39, 0.29) is 5.91 Å². The Hall–Kier alpha value is -1.78. The van der Waals surface area contributed by atoms with Crippen molar-refractivity contribution in [1.29, 1.82) is 0 Å². The molecular formula is C17H19NO2S. The summed E-state index contributed by atoms with van der Waals surface area (Å²) in [7, 11) is 0. The lowest BCUT2D eigenvalue weighted by atomic mass is 10.1. The van der Waals surface area contributed by atoms with E-state index in [0.717, 1.165) is 10.5 Å². The van der Waals surface area contributed by atoms with Crippen molar-refractivity contribution in [2.45, 2.75) is 24.8 Å². The van der Waals surface area contributed by atoms with Crippen LogP contribution >= 0.6 is 11.8 Å². The highest BCUT2D eigenvalue weighted by Gasteiger charge is 2.13. The number of nitrogens with one attached hydrogen (secondary N) is 1. The fourth-order valence-electron chi connectivity index (χ4n) is 2.14. The zero-order chi connectivity index (χ0) is 15.4. The van der Waals surface area contributed by atoms with E-state index in [1.165, 1.54) is 0 Å². The number of para-hydroxylation sites is 1. The number of hydrogen-bond acceptors (Lipinski definition) is 3. The summed E-state index contributed by atoms with van der Waals surface area (Å²) in [5, 5.41) is 12.7. The molecule has 0 radical (unpaired) electrons. The molecule has 0 saturated heterocycles. The van der Waals surface area contributed by atoms with Gasteiger partial charge in [-0.2, -0.15) is 0 Å². The number of rotatable bonds is 4. The smallest absolute Gasteiger partial charge is 0.255 e. The first-order valence-electron chi connectivity index (χ1n) is 6.76. The quantitative estimate of drug-likeness (QED) is 0.838. The van der Waals surface area contributed by atoms with Crippen LogP contribution in [0.25, 0.3) is 0 Å². The molecule has 0 aromatic heterocycles. The van der Waals surface area contributed by atoms with E-state index in [2.05, 4.69) is 5.32 Å². The number of amides is 1. The van der Waals surface area contributed by atoms with Crippen LogP contribution in [0.5, 0.6) is 0 Å². The highest BCUT2D eigenvalue weighted by atomic mass is 32.2. The van der Waals surface area contributed by atoms with Crippen LogP contribution in [0, 0.1) is 6.92 Å². The molecule has 2 aromatic rings. The van der Waals surface area contributed by atoms with Crippen molar-refractivity contribution in [2.24, 2.45) is 0 Å². The van der Waals surface area contributed by atoms with Gasteiger partial charge in [0.05, 0.1) is 6.10 Å². The molecule has 0 aliphatic heterocycles. The molecule has 2 N–H and O–H groups in total. The monoisotopic (exact) mass is 301 g/mol. The number of aryl methyl sites for hydroxylation is 1. The van der Waals surface area contributed by atoms with E-state index in [9.17, 15) is 9.90 Å². The SMILES string of the molecule is CSc1ccc(C)c(C(=O)Nc2ccccc2C(C)O)c1. The fourth-order valence-corrected chi connectivity index (χ4v) is 2.58. The molecule has 4 heteroatoms. The van der Waals surface area contributed by atoms with Crippen molar-refractivity contribution < 1.29 is 9.90 Å². The average Bonchev–Trinajstić information content (AvgIpc) is 2.48. The molecular weight excluding hydrogens is 282 g/mol. The summed E-state index contributed by atoms with van der Waals surface area (Å²) in [6, 6.07) is 13.1. The summed E-state index contributed by atoms with van der Waals surface area (Å²) >= 11 is 1.60. The molecule has 0 spiro atoms. The maximum atomic E-state index is 12.5. The Morgan fingerprint density at radius 2 is 1.95 bits per heavy atom. The fraction of sp³-hybridized carbons (Fsp3) is 0.235. The second-order valence-corrected chi connectivity index (χ2v) is 5.78. The third-order valence-electron chi connectivity index (χ3n) is 3.35. The number of thioether (sulfide) groups is 1. The largest absolute Gasteiger partial charge is 0.389 e. The molecule has 21 heavy (non-hydrogen) atoms. The maximum Gasteiger partial charge on any atom is 0.255 e. The molecule has 1 atom stereocenters. The molecule has 0 heterocycles. The highest BCUT2D eigenvalue weighted by molar-refractivity contribution is 7.98. The zero-order valence-corrected chi connectivity index (χ0v) is 13.2. The van der Waals surface area contributed by atoms with Gasteiger partial charge in [0.2, 0.25) is 0 Å². The minimum atomic E-state index is -0.625. The molecule has 1 unspecified atom stereocenters. The van der Waals surface area contributed by atoms with E-state index >= 15 is 0 Å². The lowest BCUT2D eigenvalue weighted by Gasteiger charge is -2.14. The summed E-state index contributed by atoms with van der Waals surface area (Å²) in [5.74, 6) is -0.156. The van der Waals surface area contributed by atoms with Gasteiger partial charge < -0.3 is 10.4 Å². The zero-order valence-electron chi connectivity index (χ0n) is 12.4. The van der Waals surface area contributed by atoms with Gasteiger partial charge in [-0.3, -0.25) is 4.79 Å². The van der Waals surface area contributed by atoms with E-state index in [1.54, 1.807) is 24.8 Å². The van der Waals surface area contributed by atoms with Gasteiger partial charge >= 0.3 is 0 Å². The van der Waals surface area contributed by atoms with E-state index in [0.29, 0.717) is 16.8 Å². The summed E-state index contributed by atoms with van der Waals surface area (Å²) in [6.45, 7) is 3.60. The van der Waals surface area contributed by atoms with Crippen molar-refractivity contribution >= 4 is 23.4 Å². The lowest BCUT2D eigenvalue weighted by Crippen LogP contribution is -2.15. The molecule has 2 rings (SSSR count). The van der Waals surface area contributed by atoms with Gasteiger partial charge in [-0.25, -0.2) is 0 Å². The highest BCUT2D eigenvalue weighted by Crippen LogP contribution is 2.24. The van der Waals surface area contributed by atoms with Gasteiger partial charge in [0.1, 0.15) is 0 Å². The molecule has 0 fully saturated rings. The van der Waals surface area contributed by atoms with Gasteiger partial charge in [-0.15, -0.1) is 11.8 Å². The minimum Gasteiger partial charge on any atom is -0.389 e. The summed E-state index contributed by atoms with van der Waals surface area (Å²) in [5.41, 5.74) is 2.94. The normalized spacial score (nSPS) is 12.0. The Kier molecular flexibility index (Phi) is 5.04. The molecule has 0 bridgehead atoms. The number of anilines is 1. The lowest BCUT2D eigenvalue weighted by molar-refractivity contribution is 0.102. The number of hydrogen-bond donors (Lipinski definition) is 2. The average molecular weight is 301 g/mol.